The van der Waals surface area contributed by atoms with Gasteiger partial charge in [-0.05, 0) is 25.0 Å². The Morgan fingerprint density at radius 2 is 1.95 bits per heavy atom. The van der Waals surface area contributed by atoms with Crippen LogP contribution < -0.4 is 10.6 Å². The van der Waals surface area contributed by atoms with Crippen molar-refractivity contribution in [3.05, 3.63) is 29.6 Å². The molecule has 0 spiro atoms. The first-order valence-corrected chi connectivity index (χ1v) is 6.01. The Labute approximate surface area is 110 Å². The van der Waals surface area contributed by atoms with E-state index in [0.717, 1.165) is 0 Å². The van der Waals surface area contributed by atoms with E-state index in [9.17, 15) is 17.6 Å². The number of benzene rings is 1. The van der Waals surface area contributed by atoms with Crippen LogP contribution in [0.4, 0.5) is 23.2 Å². The highest BCUT2D eigenvalue weighted by Gasteiger charge is 2.28. The van der Waals surface area contributed by atoms with Crippen molar-refractivity contribution >= 4 is 5.69 Å². The maximum Gasteiger partial charge on any atom is 0.390 e. The normalized spacial score (nSPS) is 13.4. The molecule has 108 valence electrons. The highest BCUT2D eigenvalue weighted by atomic mass is 19.4. The van der Waals surface area contributed by atoms with E-state index in [2.05, 4.69) is 0 Å². The highest BCUT2D eigenvalue weighted by Crippen LogP contribution is 2.27. The second-order valence-corrected chi connectivity index (χ2v) is 4.72. The molecule has 6 heteroatoms. The highest BCUT2D eigenvalue weighted by molar-refractivity contribution is 5.54. The van der Waals surface area contributed by atoms with Crippen molar-refractivity contribution in [2.45, 2.75) is 32.0 Å². The van der Waals surface area contributed by atoms with E-state index >= 15 is 0 Å². The van der Waals surface area contributed by atoms with Gasteiger partial charge in [-0.1, -0.05) is 12.1 Å². The second-order valence-electron chi connectivity index (χ2n) is 4.72. The number of anilines is 1. The molecule has 0 aliphatic rings. The molecule has 0 saturated heterocycles. The molecule has 2 N–H and O–H groups in total. The first-order chi connectivity index (χ1) is 8.70. The Morgan fingerprint density at radius 3 is 2.47 bits per heavy atom. The molecule has 0 fully saturated rings. The van der Waals surface area contributed by atoms with Crippen LogP contribution >= 0.6 is 0 Å². The van der Waals surface area contributed by atoms with Gasteiger partial charge in [-0.15, -0.1) is 0 Å². The second kappa shape index (κ2) is 6.23. The molecule has 0 bridgehead atoms. The Hall–Kier alpha value is -1.30. The molecule has 0 saturated carbocycles. The molecule has 1 rings (SSSR count). The van der Waals surface area contributed by atoms with Crippen molar-refractivity contribution in [3.63, 3.8) is 0 Å². The number of hydrogen-bond acceptors (Lipinski definition) is 2. The molecular weight excluding hydrogens is 260 g/mol. The van der Waals surface area contributed by atoms with Crippen LogP contribution in [0, 0.1) is 5.82 Å². The van der Waals surface area contributed by atoms with Gasteiger partial charge in [0.25, 0.3) is 0 Å². The lowest BCUT2D eigenvalue weighted by atomic mass is 10.0. The monoisotopic (exact) mass is 278 g/mol. The number of nitrogens with two attached hydrogens (primary N) is 1. The minimum Gasteiger partial charge on any atom is -0.372 e. The van der Waals surface area contributed by atoms with Gasteiger partial charge in [-0.3, -0.25) is 0 Å². The van der Waals surface area contributed by atoms with Crippen molar-refractivity contribution in [1.29, 1.82) is 0 Å². The fraction of sp³-hybridized carbons (Fsp3) is 0.538. The van der Waals surface area contributed by atoms with Crippen molar-refractivity contribution in [2.24, 2.45) is 5.73 Å². The lowest BCUT2D eigenvalue weighted by Gasteiger charge is -2.24. The fourth-order valence-electron chi connectivity index (χ4n) is 1.91. The van der Waals surface area contributed by atoms with Gasteiger partial charge in [0.15, 0.2) is 0 Å². The SMILES string of the molecule is CC(N)Cc1cccc(F)c1N(C)CCC(F)(F)F. The van der Waals surface area contributed by atoms with E-state index in [1.54, 1.807) is 13.0 Å². The van der Waals surface area contributed by atoms with Crippen molar-refractivity contribution in [1.82, 2.24) is 0 Å². The van der Waals surface area contributed by atoms with Crippen LogP contribution in [0.1, 0.15) is 18.9 Å². The van der Waals surface area contributed by atoms with Crippen LogP contribution in [-0.2, 0) is 6.42 Å². The van der Waals surface area contributed by atoms with Gasteiger partial charge >= 0.3 is 6.18 Å². The van der Waals surface area contributed by atoms with Gasteiger partial charge in [0, 0.05) is 19.6 Å². The molecular formula is C13H18F4N2. The summed E-state index contributed by atoms with van der Waals surface area (Å²) in [5.41, 5.74) is 6.49. The number of rotatable bonds is 5. The summed E-state index contributed by atoms with van der Waals surface area (Å²) in [4.78, 5) is 1.29. The average molecular weight is 278 g/mol. The molecule has 0 aliphatic heterocycles. The van der Waals surface area contributed by atoms with E-state index in [0.29, 0.717) is 12.0 Å². The molecule has 0 radical (unpaired) electrons. The third-order valence-electron chi connectivity index (χ3n) is 2.72. The van der Waals surface area contributed by atoms with E-state index < -0.39 is 18.4 Å². The lowest BCUT2D eigenvalue weighted by molar-refractivity contribution is -0.132. The summed E-state index contributed by atoms with van der Waals surface area (Å²) in [6, 6.07) is 4.28. The minimum absolute atomic E-state index is 0.184. The van der Waals surface area contributed by atoms with E-state index in [-0.39, 0.29) is 18.3 Å². The average Bonchev–Trinajstić information content (AvgIpc) is 2.24. The number of nitrogens with zero attached hydrogens (tertiary/aromatic N) is 1. The van der Waals surface area contributed by atoms with Gasteiger partial charge in [-0.25, -0.2) is 4.39 Å². The van der Waals surface area contributed by atoms with Gasteiger partial charge < -0.3 is 10.6 Å². The van der Waals surface area contributed by atoms with Crippen LogP contribution in [0.5, 0.6) is 0 Å². The van der Waals surface area contributed by atoms with Crippen LogP contribution in [0.15, 0.2) is 18.2 Å². The zero-order valence-electron chi connectivity index (χ0n) is 11.0. The van der Waals surface area contributed by atoms with E-state index in [1.807, 2.05) is 0 Å². The van der Waals surface area contributed by atoms with Crippen molar-refractivity contribution in [2.75, 3.05) is 18.5 Å². The first kappa shape index (κ1) is 15.8. The van der Waals surface area contributed by atoms with Gasteiger partial charge in [-0.2, -0.15) is 13.2 Å². The largest absolute Gasteiger partial charge is 0.390 e. The van der Waals surface area contributed by atoms with Crippen LogP contribution in [0.2, 0.25) is 0 Å². The Morgan fingerprint density at radius 1 is 1.32 bits per heavy atom. The predicted molar refractivity (Wildman–Crippen MR) is 67.7 cm³/mol. The molecule has 1 aromatic carbocycles. The van der Waals surface area contributed by atoms with Crippen LogP contribution in [0.3, 0.4) is 0 Å². The number of hydrogen-bond donors (Lipinski definition) is 1. The summed E-state index contributed by atoms with van der Waals surface area (Å²) >= 11 is 0. The summed E-state index contributed by atoms with van der Waals surface area (Å²) in [5, 5.41) is 0. The molecule has 0 heterocycles. The molecule has 1 aromatic rings. The van der Waals surface area contributed by atoms with E-state index in [4.69, 9.17) is 5.73 Å². The third kappa shape index (κ3) is 5.06. The summed E-state index contributed by atoms with van der Waals surface area (Å²) < 4.78 is 50.4. The molecule has 1 unspecified atom stereocenters. The maximum atomic E-state index is 13.8. The molecule has 0 aromatic heterocycles. The molecule has 1 atom stereocenters. The predicted octanol–water partition coefficient (Wildman–Crippen LogP) is 3.10. The van der Waals surface area contributed by atoms with Gasteiger partial charge in [0.2, 0.25) is 0 Å². The van der Waals surface area contributed by atoms with Gasteiger partial charge in [0.05, 0.1) is 12.1 Å². The topological polar surface area (TPSA) is 29.3 Å². The van der Waals surface area contributed by atoms with Crippen molar-refractivity contribution in [3.8, 4) is 0 Å². The first-order valence-electron chi connectivity index (χ1n) is 6.01. The summed E-state index contributed by atoms with van der Waals surface area (Å²) in [6.07, 6.45) is -4.81. The summed E-state index contributed by atoms with van der Waals surface area (Å²) in [7, 11) is 1.45. The number of halogens is 4. The quantitative estimate of drug-likeness (QED) is 0.839. The summed E-state index contributed by atoms with van der Waals surface area (Å²) in [5.74, 6) is -0.525. The Balaban J connectivity index is 2.91. The fourth-order valence-corrected chi connectivity index (χ4v) is 1.91. The van der Waals surface area contributed by atoms with Crippen LogP contribution in [-0.4, -0.2) is 25.8 Å². The number of para-hydroxylation sites is 1. The zero-order valence-corrected chi connectivity index (χ0v) is 11.0. The van der Waals surface area contributed by atoms with Gasteiger partial charge in [0.1, 0.15) is 5.82 Å². The third-order valence-corrected chi connectivity index (χ3v) is 2.72. The standard InChI is InChI=1S/C13H18F4N2/c1-9(18)8-10-4-3-5-11(14)12(10)19(2)7-6-13(15,16)17/h3-5,9H,6-8,18H2,1-2H3. The summed E-state index contributed by atoms with van der Waals surface area (Å²) in [6.45, 7) is 1.49. The maximum absolute atomic E-state index is 13.8. The molecule has 0 aliphatic carbocycles. The number of alkyl halides is 3. The van der Waals surface area contributed by atoms with Crippen LogP contribution in [0.25, 0.3) is 0 Å². The van der Waals surface area contributed by atoms with Crippen molar-refractivity contribution < 1.29 is 17.6 Å². The smallest absolute Gasteiger partial charge is 0.372 e. The molecule has 19 heavy (non-hydrogen) atoms. The molecule has 0 amide bonds. The van der Waals surface area contributed by atoms with E-state index in [1.165, 1.54) is 24.1 Å². The lowest BCUT2D eigenvalue weighted by Crippen LogP contribution is -2.27. The Kier molecular flexibility index (Phi) is 5.17. The molecule has 2 nitrogen and oxygen atoms in total. The minimum atomic E-state index is -4.25. The Bertz CT molecular complexity index is 416. The zero-order chi connectivity index (χ0) is 14.6.